The highest BCUT2D eigenvalue weighted by molar-refractivity contribution is 4.79. The molecule has 0 spiro atoms. The van der Waals surface area contributed by atoms with Gasteiger partial charge in [-0.1, -0.05) is 73.1 Å². The Morgan fingerprint density at radius 3 is 1.50 bits per heavy atom. The first-order valence-electron chi connectivity index (χ1n) is 7.73. The molecule has 0 aromatic carbocycles. The lowest BCUT2D eigenvalue weighted by Crippen LogP contribution is -2.53. The molecule has 0 aromatic heterocycles. The van der Waals surface area contributed by atoms with Gasteiger partial charge in [0.2, 0.25) is 0 Å². The van der Waals surface area contributed by atoms with Gasteiger partial charge in [0.05, 0.1) is 5.66 Å². The summed E-state index contributed by atoms with van der Waals surface area (Å²) in [4.78, 5) is 0. The quantitative estimate of drug-likeness (QED) is 0.474. The predicted octanol–water partition coefficient (Wildman–Crippen LogP) is 4.42. The molecule has 0 saturated heterocycles. The largest absolute Gasteiger partial charge is 0.313 e. The maximum atomic E-state index is 6.05. The van der Waals surface area contributed by atoms with E-state index < -0.39 is 5.66 Å². The molecule has 4 N–H and O–H groups in total. The standard InChI is InChI=1S/C16H36N2/c1-14(2)16(17,18)13-11-9-7-6-8-10-12-15(3,4)5/h14H,6-13,17-18H2,1-5H3. The Kier molecular flexibility index (Phi) is 8.13. The third-order valence-electron chi connectivity index (χ3n) is 3.86. The molecular formula is C16H36N2. The van der Waals surface area contributed by atoms with Gasteiger partial charge in [0.15, 0.2) is 0 Å². The van der Waals surface area contributed by atoms with Crippen LogP contribution < -0.4 is 11.5 Å². The summed E-state index contributed by atoms with van der Waals surface area (Å²) in [6.45, 7) is 11.2. The molecule has 0 aliphatic heterocycles. The van der Waals surface area contributed by atoms with Crippen LogP contribution in [0.4, 0.5) is 0 Å². The Hall–Kier alpha value is -0.0800. The van der Waals surface area contributed by atoms with Crippen LogP contribution in [0.5, 0.6) is 0 Å². The Morgan fingerprint density at radius 2 is 1.11 bits per heavy atom. The number of rotatable bonds is 9. The summed E-state index contributed by atoms with van der Waals surface area (Å²) in [6, 6.07) is 0. The maximum Gasteiger partial charge on any atom is 0.0660 e. The minimum absolute atomic E-state index is 0.365. The van der Waals surface area contributed by atoms with Crippen molar-refractivity contribution in [1.29, 1.82) is 0 Å². The Labute approximate surface area is 115 Å². The molecule has 0 bridgehead atoms. The van der Waals surface area contributed by atoms with Crippen molar-refractivity contribution in [1.82, 2.24) is 0 Å². The first-order chi connectivity index (χ1) is 8.15. The average molecular weight is 256 g/mol. The predicted molar refractivity (Wildman–Crippen MR) is 82.3 cm³/mol. The molecule has 0 heterocycles. The van der Waals surface area contributed by atoms with E-state index in [1.54, 1.807) is 0 Å². The summed E-state index contributed by atoms with van der Waals surface area (Å²) in [5.41, 5.74) is 12.1. The molecule has 0 amide bonds. The average Bonchev–Trinajstić information content (AvgIpc) is 2.20. The van der Waals surface area contributed by atoms with Crippen molar-refractivity contribution in [2.75, 3.05) is 0 Å². The smallest absolute Gasteiger partial charge is 0.0660 e. The fourth-order valence-corrected chi connectivity index (χ4v) is 2.08. The van der Waals surface area contributed by atoms with Gasteiger partial charge in [-0.25, -0.2) is 0 Å². The maximum absolute atomic E-state index is 6.05. The van der Waals surface area contributed by atoms with E-state index in [2.05, 4.69) is 34.6 Å². The van der Waals surface area contributed by atoms with Crippen molar-refractivity contribution in [3.63, 3.8) is 0 Å². The zero-order valence-electron chi connectivity index (χ0n) is 13.4. The second-order valence-corrected chi connectivity index (χ2v) is 7.45. The highest BCUT2D eigenvalue weighted by atomic mass is 15.0. The molecule has 0 aliphatic carbocycles. The first-order valence-corrected chi connectivity index (χ1v) is 7.73. The highest BCUT2D eigenvalue weighted by Crippen LogP contribution is 2.23. The summed E-state index contributed by atoms with van der Waals surface area (Å²) in [7, 11) is 0. The third-order valence-corrected chi connectivity index (χ3v) is 3.86. The van der Waals surface area contributed by atoms with Gasteiger partial charge in [0.25, 0.3) is 0 Å². The van der Waals surface area contributed by atoms with E-state index in [9.17, 15) is 0 Å². The van der Waals surface area contributed by atoms with E-state index in [1.807, 2.05) is 0 Å². The number of nitrogens with two attached hydrogens (primary N) is 2. The topological polar surface area (TPSA) is 52.0 Å². The van der Waals surface area contributed by atoms with Gasteiger partial charge >= 0.3 is 0 Å². The minimum atomic E-state index is -0.466. The van der Waals surface area contributed by atoms with Crippen molar-refractivity contribution < 1.29 is 0 Å². The summed E-state index contributed by atoms with van der Waals surface area (Å²) in [6.07, 6.45) is 10.2. The number of unbranched alkanes of at least 4 members (excludes halogenated alkanes) is 5. The molecule has 0 aromatic rings. The van der Waals surface area contributed by atoms with E-state index in [0.717, 1.165) is 6.42 Å². The van der Waals surface area contributed by atoms with Crippen LogP contribution in [0, 0.1) is 11.3 Å². The van der Waals surface area contributed by atoms with Gasteiger partial charge in [-0.2, -0.15) is 0 Å². The second-order valence-electron chi connectivity index (χ2n) is 7.45. The normalized spacial score (nSPS) is 13.3. The molecule has 0 saturated carbocycles. The summed E-state index contributed by atoms with van der Waals surface area (Å²) < 4.78 is 0. The number of hydrogen-bond donors (Lipinski definition) is 2. The Balaban J connectivity index is 3.37. The molecule has 2 heteroatoms. The highest BCUT2D eigenvalue weighted by Gasteiger charge is 2.22. The van der Waals surface area contributed by atoms with Crippen LogP contribution in [0.2, 0.25) is 0 Å². The van der Waals surface area contributed by atoms with E-state index in [1.165, 1.54) is 44.9 Å². The fourth-order valence-electron chi connectivity index (χ4n) is 2.08. The van der Waals surface area contributed by atoms with Crippen LogP contribution in [0.1, 0.15) is 86.0 Å². The molecule has 0 fully saturated rings. The molecule has 0 unspecified atom stereocenters. The summed E-state index contributed by atoms with van der Waals surface area (Å²) in [5, 5.41) is 0. The fraction of sp³-hybridized carbons (Fsp3) is 1.00. The van der Waals surface area contributed by atoms with E-state index in [0.29, 0.717) is 11.3 Å². The molecule has 0 radical (unpaired) electrons. The van der Waals surface area contributed by atoms with Crippen molar-refractivity contribution in [3.8, 4) is 0 Å². The van der Waals surface area contributed by atoms with E-state index in [4.69, 9.17) is 11.5 Å². The van der Waals surface area contributed by atoms with E-state index >= 15 is 0 Å². The van der Waals surface area contributed by atoms with Crippen molar-refractivity contribution >= 4 is 0 Å². The van der Waals surface area contributed by atoms with E-state index in [-0.39, 0.29) is 0 Å². The Morgan fingerprint density at radius 1 is 0.722 bits per heavy atom. The molecule has 110 valence electrons. The van der Waals surface area contributed by atoms with Crippen LogP contribution in [0.3, 0.4) is 0 Å². The first kappa shape index (κ1) is 17.9. The van der Waals surface area contributed by atoms with Crippen LogP contribution in [0.25, 0.3) is 0 Å². The van der Waals surface area contributed by atoms with Crippen LogP contribution in [0.15, 0.2) is 0 Å². The van der Waals surface area contributed by atoms with Crippen LogP contribution in [-0.2, 0) is 0 Å². The van der Waals surface area contributed by atoms with Gasteiger partial charge < -0.3 is 11.5 Å². The number of hydrogen-bond acceptors (Lipinski definition) is 2. The van der Waals surface area contributed by atoms with Gasteiger partial charge in [0, 0.05) is 0 Å². The van der Waals surface area contributed by atoms with Gasteiger partial charge in [-0.05, 0) is 24.2 Å². The Bertz CT molecular complexity index is 202. The zero-order valence-corrected chi connectivity index (χ0v) is 13.4. The lowest BCUT2D eigenvalue weighted by Gasteiger charge is -2.28. The molecule has 0 aliphatic rings. The molecular weight excluding hydrogens is 220 g/mol. The monoisotopic (exact) mass is 256 g/mol. The second kappa shape index (κ2) is 8.16. The summed E-state index contributed by atoms with van der Waals surface area (Å²) >= 11 is 0. The molecule has 0 rings (SSSR count). The molecule has 2 nitrogen and oxygen atoms in total. The van der Waals surface area contributed by atoms with Crippen LogP contribution >= 0.6 is 0 Å². The van der Waals surface area contributed by atoms with Crippen molar-refractivity contribution in [3.05, 3.63) is 0 Å². The SMILES string of the molecule is CC(C)C(N)(N)CCCCCCCCC(C)(C)C. The third kappa shape index (κ3) is 9.90. The van der Waals surface area contributed by atoms with Gasteiger partial charge in [0.1, 0.15) is 0 Å². The van der Waals surface area contributed by atoms with Crippen LogP contribution in [-0.4, -0.2) is 5.66 Å². The lowest BCUT2D eigenvalue weighted by atomic mass is 9.89. The molecule has 0 atom stereocenters. The van der Waals surface area contributed by atoms with Gasteiger partial charge in [-0.15, -0.1) is 0 Å². The van der Waals surface area contributed by atoms with Crippen molar-refractivity contribution in [2.24, 2.45) is 22.8 Å². The summed E-state index contributed by atoms with van der Waals surface area (Å²) in [5.74, 6) is 0.365. The van der Waals surface area contributed by atoms with Crippen molar-refractivity contribution in [2.45, 2.75) is 91.6 Å². The zero-order chi connectivity index (χ0) is 14.2. The minimum Gasteiger partial charge on any atom is -0.313 e. The molecule has 18 heavy (non-hydrogen) atoms. The van der Waals surface area contributed by atoms with Gasteiger partial charge in [-0.3, -0.25) is 0 Å². The lowest BCUT2D eigenvalue weighted by molar-refractivity contribution is 0.287.